The van der Waals surface area contributed by atoms with Gasteiger partial charge < -0.3 is 9.47 Å². The minimum absolute atomic E-state index is 0.459. The van der Waals surface area contributed by atoms with Gasteiger partial charge in [-0.1, -0.05) is 0 Å². The van der Waals surface area contributed by atoms with E-state index < -0.39 is 5.60 Å². The van der Waals surface area contributed by atoms with Crippen molar-refractivity contribution >= 4 is 6.29 Å². The van der Waals surface area contributed by atoms with Gasteiger partial charge in [0.2, 0.25) is 0 Å². The van der Waals surface area contributed by atoms with E-state index >= 15 is 0 Å². The van der Waals surface area contributed by atoms with Crippen molar-refractivity contribution in [2.45, 2.75) is 18.4 Å². The highest BCUT2D eigenvalue weighted by molar-refractivity contribution is 5.73. The second-order valence-corrected chi connectivity index (χ2v) is 3.77. The van der Waals surface area contributed by atoms with Crippen molar-refractivity contribution in [3.63, 3.8) is 0 Å². The molecule has 0 aromatic carbocycles. The van der Waals surface area contributed by atoms with Crippen LogP contribution >= 0.6 is 0 Å². The summed E-state index contributed by atoms with van der Waals surface area (Å²) in [5, 5.41) is 0. The quantitative estimate of drug-likeness (QED) is 0.712. The largest absolute Gasteiger partial charge is 0.381 e. The molecule has 1 aromatic rings. The Bertz CT molecular complexity index is 358. The van der Waals surface area contributed by atoms with E-state index in [1.807, 2.05) is 0 Å². The smallest absolute Gasteiger partial charge is 0.160 e. The summed E-state index contributed by atoms with van der Waals surface area (Å²) < 4.78 is 10.8. The summed E-state index contributed by atoms with van der Waals surface area (Å²) in [6.45, 7) is 1.29. The lowest BCUT2D eigenvalue weighted by Gasteiger charge is -2.34. The van der Waals surface area contributed by atoms with Crippen molar-refractivity contribution in [3.8, 4) is 0 Å². The molecular formula is C11H14N2O3. The SMILES string of the molecule is COC1(c2ncc(C=O)cn2)CCOCC1. The van der Waals surface area contributed by atoms with Crippen LogP contribution in [0.4, 0.5) is 0 Å². The van der Waals surface area contributed by atoms with Crippen molar-refractivity contribution in [1.82, 2.24) is 9.97 Å². The van der Waals surface area contributed by atoms with Crippen molar-refractivity contribution in [3.05, 3.63) is 23.8 Å². The van der Waals surface area contributed by atoms with E-state index in [9.17, 15) is 4.79 Å². The Morgan fingerprint density at radius 1 is 1.38 bits per heavy atom. The summed E-state index contributed by atoms with van der Waals surface area (Å²) in [5.41, 5.74) is 0.0155. The third-order valence-electron chi connectivity index (χ3n) is 2.91. The molecule has 16 heavy (non-hydrogen) atoms. The molecule has 1 aliphatic heterocycles. The van der Waals surface area contributed by atoms with E-state index in [1.54, 1.807) is 7.11 Å². The van der Waals surface area contributed by atoms with E-state index in [2.05, 4.69) is 9.97 Å². The summed E-state index contributed by atoms with van der Waals surface area (Å²) in [4.78, 5) is 18.9. The zero-order valence-corrected chi connectivity index (χ0v) is 9.18. The number of nitrogens with zero attached hydrogens (tertiary/aromatic N) is 2. The molecule has 2 heterocycles. The number of carbonyl (C=O) groups excluding carboxylic acids is 1. The maximum absolute atomic E-state index is 10.5. The Hall–Kier alpha value is -1.33. The van der Waals surface area contributed by atoms with Crippen LogP contribution in [0.15, 0.2) is 12.4 Å². The molecule has 86 valence electrons. The third kappa shape index (κ3) is 1.96. The molecule has 0 spiro atoms. The first-order valence-electron chi connectivity index (χ1n) is 5.21. The fraction of sp³-hybridized carbons (Fsp3) is 0.545. The van der Waals surface area contributed by atoms with Crippen LogP contribution in [0, 0.1) is 0 Å². The van der Waals surface area contributed by atoms with Crippen LogP contribution in [0.1, 0.15) is 29.0 Å². The third-order valence-corrected chi connectivity index (χ3v) is 2.91. The highest BCUT2D eigenvalue weighted by Crippen LogP contribution is 2.32. The van der Waals surface area contributed by atoms with Gasteiger partial charge in [0.25, 0.3) is 0 Å². The zero-order valence-electron chi connectivity index (χ0n) is 9.18. The summed E-state index contributed by atoms with van der Waals surface area (Å²) >= 11 is 0. The van der Waals surface area contributed by atoms with Gasteiger partial charge in [0, 0.05) is 45.6 Å². The molecule has 0 bridgehead atoms. The molecule has 1 aromatic heterocycles. The Kier molecular flexibility index (Phi) is 3.26. The van der Waals surface area contributed by atoms with Crippen molar-refractivity contribution in [2.75, 3.05) is 20.3 Å². The second-order valence-electron chi connectivity index (χ2n) is 3.77. The molecular weight excluding hydrogens is 208 g/mol. The number of hydrogen-bond donors (Lipinski definition) is 0. The Morgan fingerprint density at radius 3 is 2.50 bits per heavy atom. The Morgan fingerprint density at radius 2 is 2.00 bits per heavy atom. The lowest BCUT2D eigenvalue weighted by Crippen LogP contribution is -2.37. The lowest BCUT2D eigenvalue weighted by atomic mass is 9.93. The number of carbonyl (C=O) groups is 1. The standard InChI is InChI=1S/C11H14N2O3/c1-15-11(2-4-16-5-3-11)10-12-6-9(8-14)7-13-10/h6-8H,2-5H2,1H3. The highest BCUT2D eigenvalue weighted by atomic mass is 16.5. The molecule has 5 nitrogen and oxygen atoms in total. The van der Waals surface area contributed by atoms with Gasteiger partial charge in [-0.3, -0.25) is 4.79 Å². The number of hydrogen-bond acceptors (Lipinski definition) is 5. The first kappa shape index (κ1) is 11.2. The van der Waals surface area contributed by atoms with Crippen molar-refractivity contribution in [2.24, 2.45) is 0 Å². The summed E-state index contributed by atoms with van der Waals surface area (Å²) in [5.74, 6) is 0.629. The number of aldehydes is 1. The van der Waals surface area contributed by atoms with Crippen LogP contribution < -0.4 is 0 Å². The second kappa shape index (κ2) is 4.67. The van der Waals surface area contributed by atoms with Gasteiger partial charge in [-0.25, -0.2) is 9.97 Å². The number of ether oxygens (including phenoxy) is 2. The maximum Gasteiger partial charge on any atom is 0.160 e. The minimum atomic E-state index is -0.459. The molecule has 1 fully saturated rings. The number of rotatable bonds is 3. The Balaban J connectivity index is 2.28. The Labute approximate surface area is 93.8 Å². The molecule has 2 rings (SSSR count). The first-order valence-corrected chi connectivity index (χ1v) is 5.21. The van der Waals surface area contributed by atoms with Crippen LogP contribution in [0.3, 0.4) is 0 Å². The van der Waals surface area contributed by atoms with Gasteiger partial charge >= 0.3 is 0 Å². The van der Waals surface area contributed by atoms with E-state index in [0.717, 1.165) is 19.1 Å². The van der Waals surface area contributed by atoms with Gasteiger partial charge in [0.05, 0.1) is 5.56 Å². The van der Waals surface area contributed by atoms with Gasteiger partial charge in [0.15, 0.2) is 12.1 Å². The van der Waals surface area contributed by atoms with E-state index in [0.29, 0.717) is 24.6 Å². The van der Waals surface area contributed by atoms with Crippen molar-refractivity contribution < 1.29 is 14.3 Å². The topological polar surface area (TPSA) is 61.3 Å². The monoisotopic (exact) mass is 222 g/mol. The molecule has 5 heteroatoms. The van der Waals surface area contributed by atoms with Gasteiger partial charge in [-0.05, 0) is 0 Å². The van der Waals surface area contributed by atoms with Crippen LogP contribution in [0.5, 0.6) is 0 Å². The molecule has 0 saturated carbocycles. The number of methoxy groups -OCH3 is 1. The van der Waals surface area contributed by atoms with Crippen LogP contribution in [0.2, 0.25) is 0 Å². The molecule has 0 atom stereocenters. The van der Waals surface area contributed by atoms with Crippen LogP contribution in [-0.2, 0) is 15.1 Å². The van der Waals surface area contributed by atoms with Gasteiger partial charge in [-0.15, -0.1) is 0 Å². The predicted molar refractivity (Wildman–Crippen MR) is 56.2 cm³/mol. The molecule has 0 unspecified atom stereocenters. The van der Waals surface area contributed by atoms with Gasteiger partial charge in [0.1, 0.15) is 5.60 Å². The molecule has 1 aliphatic rings. The van der Waals surface area contributed by atoms with E-state index in [1.165, 1.54) is 12.4 Å². The fourth-order valence-corrected chi connectivity index (χ4v) is 1.85. The summed E-state index contributed by atoms with van der Waals surface area (Å²) in [7, 11) is 1.66. The zero-order chi connectivity index (χ0) is 11.4. The molecule has 0 amide bonds. The normalized spacial score (nSPS) is 19.3. The summed E-state index contributed by atoms with van der Waals surface area (Å²) in [6.07, 6.45) is 5.25. The molecule has 0 N–H and O–H groups in total. The highest BCUT2D eigenvalue weighted by Gasteiger charge is 2.37. The average molecular weight is 222 g/mol. The van der Waals surface area contributed by atoms with Crippen LogP contribution in [-0.4, -0.2) is 36.6 Å². The lowest BCUT2D eigenvalue weighted by molar-refractivity contribution is -0.1000. The molecule has 0 aliphatic carbocycles. The van der Waals surface area contributed by atoms with Crippen molar-refractivity contribution in [1.29, 1.82) is 0 Å². The number of aromatic nitrogens is 2. The minimum Gasteiger partial charge on any atom is -0.381 e. The van der Waals surface area contributed by atoms with E-state index in [4.69, 9.17) is 9.47 Å². The summed E-state index contributed by atoms with van der Waals surface area (Å²) in [6, 6.07) is 0. The first-order chi connectivity index (χ1) is 7.80. The van der Waals surface area contributed by atoms with Gasteiger partial charge in [-0.2, -0.15) is 0 Å². The molecule has 1 saturated heterocycles. The predicted octanol–water partition coefficient (Wildman–Crippen LogP) is 0.941. The maximum atomic E-state index is 10.5. The molecule has 0 radical (unpaired) electrons. The van der Waals surface area contributed by atoms with E-state index in [-0.39, 0.29) is 0 Å². The van der Waals surface area contributed by atoms with Crippen LogP contribution in [0.25, 0.3) is 0 Å². The fourth-order valence-electron chi connectivity index (χ4n) is 1.85. The average Bonchev–Trinajstić information content (AvgIpc) is 2.39.